The van der Waals surface area contributed by atoms with Crippen LogP contribution in [0.5, 0.6) is 5.75 Å². The molecule has 5 N–H and O–H groups in total. The Bertz CT molecular complexity index is 1790. The molecule has 0 saturated carbocycles. The number of carboxylic acids is 3. The van der Waals surface area contributed by atoms with E-state index in [1.165, 1.54) is 0 Å². The van der Waals surface area contributed by atoms with Crippen LogP contribution in [0.1, 0.15) is 47.1 Å². The number of phosphoric ester groups is 1. The number of hydrogen-bond donors (Lipinski definition) is 5. The van der Waals surface area contributed by atoms with Gasteiger partial charge in [-0.05, 0) is 106 Å². The highest BCUT2D eigenvalue weighted by Gasteiger charge is 2.29. The first-order valence-electron chi connectivity index (χ1n) is 18.5. The summed E-state index contributed by atoms with van der Waals surface area (Å²) in [6, 6.07) is 6.69. The van der Waals surface area contributed by atoms with Gasteiger partial charge in [-0.1, -0.05) is 17.7 Å². The first-order chi connectivity index (χ1) is 26.1. The Morgan fingerprint density at radius 3 is 1.77 bits per heavy atom. The Hall–Kier alpha value is -3.45. The predicted octanol–water partition coefficient (Wildman–Crippen LogP) is 3.29. The molecule has 2 unspecified atom stereocenters. The molecular formula is C37H57N4O13PS. The molecule has 2 atom stereocenters. The zero-order valence-electron chi connectivity index (χ0n) is 32.8. The number of carboxylic acid groups (broad SMARTS) is 3. The van der Waals surface area contributed by atoms with Crippen molar-refractivity contribution in [1.82, 2.24) is 19.6 Å². The van der Waals surface area contributed by atoms with Crippen LogP contribution in [0.4, 0.5) is 0 Å². The summed E-state index contributed by atoms with van der Waals surface area (Å²) in [7, 11) is -8.80. The lowest BCUT2D eigenvalue weighted by Gasteiger charge is -2.35. The Morgan fingerprint density at radius 2 is 1.27 bits per heavy atom. The fourth-order valence-corrected chi connectivity index (χ4v) is 8.44. The van der Waals surface area contributed by atoms with Crippen LogP contribution in [0.25, 0.3) is 11.1 Å². The van der Waals surface area contributed by atoms with Crippen LogP contribution < -0.4 is 4.52 Å². The number of rotatable bonds is 18. The molecule has 1 aliphatic heterocycles. The topological polar surface area (TPSA) is 235 Å². The monoisotopic (exact) mass is 828 g/mol. The summed E-state index contributed by atoms with van der Waals surface area (Å²) >= 11 is 0. The van der Waals surface area contributed by atoms with E-state index in [2.05, 4.69) is 12.1 Å². The maximum Gasteiger partial charge on any atom is 0.527 e. The predicted molar refractivity (Wildman–Crippen MR) is 210 cm³/mol. The van der Waals surface area contributed by atoms with Crippen molar-refractivity contribution in [2.45, 2.75) is 59.9 Å². The van der Waals surface area contributed by atoms with Crippen molar-refractivity contribution >= 4 is 35.8 Å². The van der Waals surface area contributed by atoms with Gasteiger partial charge in [0.2, 0.25) is 0 Å². The fourth-order valence-electron chi connectivity index (χ4n) is 7.09. The maximum absolute atomic E-state index is 13.1. The van der Waals surface area contributed by atoms with Crippen LogP contribution in [0, 0.1) is 34.6 Å². The highest BCUT2D eigenvalue weighted by atomic mass is 32.2. The van der Waals surface area contributed by atoms with Crippen LogP contribution in [0.3, 0.4) is 0 Å². The van der Waals surface area contributed by atoms with Gasteiger partial charge < -0.3 is 24.7 Å². The second kappa shape index (κ2) is 21.3. The van der Waals surface area contributed by atoms with Gasteiger partial charge in [-0.15, -0.1) is 0 Å². The number of aryl methyl sites for hydroxylation is 5. The largest absolute Gasteiger partial charge is 0.527 e. The molecule has 1 aliphatic rings. The van der Waals surface area contributed by atoms with E-state index >= 15 is 0 Å². The van der Waals surface area contributed by atoms with Crippen molar-refractivity contribution in [3.63, 3.8) is 0 Å². The van der Waals surface area contributed by atoms with E-state index < -0.39 is 47.6 Å². The first-order valence-corrected chi connectivity index (χ1v) is 21.6. The molecule has 17 nitrogen and oxygen atoms in total. The lowest BCUT2D eigenvalue weighted by Crippen LogP contribution is -2.51. The zero-order chi connectivity index (χ0) is 41.8. The maximum atomic E-state index is 13.1. The number of carbonyl (C=O) groups is 3. The molecule has 314 valence electrons. The third kappa shape index (κ3) is 15.8. The van der Waals surface area contributed by atoms with Gasteiger partial charge in [-0.2, -0.15) is 8.42 Å². The van der Waals surface area contributed by atoms with Gasteiger partial charge >= 0.3 is 25.7 Å². The third-order valence-corrected chi connectivity index (χ3v) is 11.5. The van der Waals surface area contributed by atoms with Gasteiger partial charge in [0.1, 0.15) is 11.8 Å². The summed E-state index contributed by atoms with van der Waals surface area (Å²) < 4.78 is 55.5. The molecule has 0 amide bonds. The van der Waals surface area contributed by atoms with Crippen molar-refractivity contribution in [3.05, 3.63) is 52.1 Å². The lowest BCUT2D eigenvalue weighted by atomic mass is 9.90. The summed E-state index contributed by atoms with van der Waals surface area (Å²) in [6.45, 7) is 10.8. The first kappa shape index (κ1) is 46.9. The van der Waals surface area contributed by atoms with Crippen LogP contribution >= 0.6 is 7.82 Å². The summed E-state index contributed by atoms with van der Waals surface area (Å²) in [5, 5.41) is 29.4. The van der Waals surface area contributed by atoms with Crippen molar-refractivity contribution in [2.24, 2.45) is 0 Å². The normalized spacial score (nSPS) is 17.7. The van der Waals surface area contributed by atoms with E-state index in [0.29, 0.717) is 18.7 Å². The highest BCUT2D eigenvalue weighted by Crippen LogP contribution is 2.46. The molecule has 0 spiro atoms. The number of phosphoric acid groups is 1. The summed E-state index contributed by atoms with van der Waals surface area (Å²) in [6.07, 6.45) is 0.171. The molecule has 3 rings (SSSR count). The lowest BCUT2D eigenvalue weighted by molar-refractivity contribution is -0.145. The van der Waals surface area contributed by atoms with Crippen LogP contribution in [-0.2, 0) is 33.6 Å². The Morgan fingerprint density at radius 1 is 0.750 bits per heavy atom. The van der Waals surface area contributed by atoms with Crippen molar-refractivity contribution < 1.29 is 61.2 Å². The van der Waals surface area contributed by atoms with E-state index in [1.807, 2.05) is 38.7 Å². The zero-order valence-corrected chi connectivity index (χ0v) is 34.6. The molecule has 56 heavy (non-hydrogen) atoms. The molecule has 1 fully saturated rings. The molecule has 0 aliphatic carbocycles. The number of benzene rings is 2. The van der Waals surface area contributed by atoms with Gasteiger partial charge in [0.25, 0.3) is 10.1 Å². The minimum Gasteiger partial charge on any atom is -0.480 e. The number of aliphatic carboxylic acids is 3. The second-order valence-electron chi connectivity index (χ2n) is 14.5. The third-order valence-electron chi connectivity index (χ3n) is 9.75. The van der Waals surface area contributed by atoms with Gasteiger partial charge in [0, 0.05) is 52.4 Å². The van der Waals surface area contributed by atoms with Crippen molar-refractivity contribution in [1.29, 1.82) is 0 Å². The second-order valence-corrected chi connectivity index (χ2v) is 17.4. The smallest absolute Gasteiger partial charge is 0.480 e. The van der Waals surface area contributed by atoms with Gasteiger partial charge in [-0.3, -0.25) is 43.1 Å². The fraction of sp³-hybridized carbons (Fsp3) is 0.595. The summed E-state index contributed by atoms with van der Waals surface area (Å²) in [4.78, 5) is 53.4. The van der Waals surface area contributed by atoms with E-state index in [-0.39, 0.29) is 90.5 Å². The molecular weight excluding hydrogens is 771 g/mol. The highest BCUT2D eigenvalue weighted by molar-refractivity contribution is 7.85. The number of hydrogen-bond acceptors (Lipinski definition) is 12. The quantitative estimate of drug-likeness (QED) is 0.0824. The SMILES string of the molecule is Cc1cc(C)c(-c2cc(C)c(OP(=O)(O)OCCCC(C(=O)O)N3CCN(CC(=O)O)CCN(CCCS(=O)(=O)O)CCN(CC(=O)O)CC3)cc2C)c(C)c1. The van der Waals surface area contributed by atoms with Crippen LogP contribution in [-0.4, -0.2) is 161 Å². The average Bonchev–Trinajstić information content (AvgIpc) is 3.05. The molecule has 0 radical (unpaired) electrons. The molecule has 19 heteroatoms. The molecule has 1 heterocycles. The standard InChI is InChI=1S/C37H57N4O13PS/c1-26-20-29(4)36(30(5)21-26)31-22-28(3)33(23-27(31)2)54-55(48,49)53-18-6-8-32(37(46)47)41-16-14-39(24-34(42)43)12-10-38(9-7-19-56(50,51)52)11-13-40(15-17-41)25-35(44)45/h20-23,32H,6-19,24-25H2,1-5H3,(H,42,43)(H,44,45)(H,46,47)(H,48,49)(H,50,51,52). The van der Waals surface area contributed by atoms with Crippen LogP contribution in [0.2, 0.25) is 0 Å². The van der Waals surface area contributed by atoms with E-state index in [4.69, 9.17) is 13.6 Å². The Labute approximate surface area is 329 Å². The minimum atomic E-state index is -4.62. The molecule has 1 saturated heterocycles. The molecule has 0 aromatic heterocycles. The van der Waals surface area contributed by atoms with Crippen molar-refractivity contribution in [3.8, 4) is 16.9 Å². The van der Waals surface area contributed by atoms with Gasteiger partial charge in [-0.25, -0.2) is 4.57 Å². The molecule has 2 aromatic rings. The van der Waals surface area contributed by atoms with Gasteiger partial charge in [0.15, 0.2) is 0 Å². The van der Waals surface area contributed by atoms with E-state index in [0.717, 1.165) is 33.4 Å². The van der Waals surface area contributed by atoms with Crippen molar-refractivity contribution in [2.75, 3.05) is 84.4 Å². The molecule has 2 aromatic carbocycles. The number of nitrogens with zero attached hydrogens (tertiary/aromatic N) is 4. The summed E-state index contributed by atoms with van der Waals surface area (Å²) in [5.74, 6) is -3.63. The van der Waals surface area contributed by atoms with E-state index in [1.54, 1.807) is 27.7 Å². The average molecular weight is 829 g/mol. The molecule has 0 bridgehead atoms. The summed E-state index contributed by atoms with van der Waals surface area (Å²) in [5.41, 5.74) is 6.90. The van der Waals surface area contributed by atoms with Gasteiger partial charge in [0.05, 0.1) is 25.4 Å². The van der Waals surface area contributed by atoms with E-state index in [9.17, 15) is 47.6 Å². The Kier molecular flexibility index (Phi) is 17.9. The Balaban J connectivity index is 1.70. The van der Waals surface area contributed by atoms with Crippen LogP contribution in [0.15, 0.2) is 24.3 Å². The minimum absolute atomic E-state index is 0.00315.